The van der Waals surface area contributed by atoms with Crippen LogP contribution in [0.25, 0.3) is 0 Å². The van der Waals surface area contributed by atoms with Gasteiger partial charge >= 0.3 is 0 Å². The Kier molecular flexibility index (Phi) is 7.39. The average Bonchev–Trinajstić information content (AvgIpc) is 3.07. The minimum Gasteiger partial charge on any atom is -0.490 e. The van der Waals surface area contributed by atoms with E-state index in [2.05, 4.69) is 6.92 Å². The lowest BCUT2D eigenvalue weighted by Gasteiger charge is -2.06. The van der Waals surface area contributed by atoms with Crippen molar-refractivity contribution in [2.24, 2.45) is 0 Å². The van der Waals surface area contributed by atoms with Crippen molar-refractivity contribution < 1.29 is 18.3 Å². The van der Waals surface area contributed by atoms with E-state index >= 15 is 0 Å². The molecule has 0 atom stereocenters. The third kappa shape index (κ3) is 6.71. The molecule has 4 rings (SSSR count). The van der Waals surface area contributed by atoms with Crippen LogP contribution in [0.5, 0.6) is 11.5 Å². The fourth-order valence-corrected chi connectivity index (χ4v) is 2.38. The van der Waals surface area contributed by atoms with Gasteiger partial charge in [-0.3, -0.25) is 0 Å². The highest BCUT2D eigenvalue weighted by Crippen LogP contribution is 2.29. The van der Waals surface area contributed by atoms with E-state index < -0.39 is 0 Å². The van der Waals surface area contributed by atoms with Crippen molar-refractivity contribution in [2.75, 3.05) is 13.2 Å². The maximum absolute atomic E-state index is 5.50. The molecular weight excluding hydrogens is 328 g/mol. The Labute approximate surface area is 155 Å². The van der Waals surface area contributed by atoms with Gasteiger partial charge in [0, 0.05) is 6.42 Å². The van der Waals surface area contributed by atoms with Crippen molar-refractivity contribution in [2.45, 2.75) is 41.0 Å². The van der Waals surface area contributed by atoms with Crippen LogP contribution in [0.1, 0.15) is 35.0 Å². The molecule has 0 fully saturated rings. The molecule has 26 heavy (non-hydrogen) atoms. The molecule has 0 bridgehead atoms. The van der Waals surface area contributed by atoms with Crippen LogP contribution in [0.3, 0.4) is 0 Å². The molecule has 4 heteroatoms. The number of ether oxygens (including phenoxy) is 2. The number of hydrogen-bond acceptors (Lipinski definition) is 4. The molecule has 0 aliphatic carbocycles. The molecule has 0 unspecified atom stereocenters. The summed E-state index contributed by atoms with van der Waals surface area (Å²) in [4.78, 5) is 0. The molecule has 0 N–H and O–H groups in total. The fraction of sp³-hybridized carbons (Fsp3) is 0.364. The standard InChI is InChI=1S/C10H12O2.2C6H8O/c1-8-3-4-9-10(7-8)12-6-2-5-11-9;2*1-5-3-4-6(2)7-5/h3-4,7H,2,5-6H2,1H3;2*3-4H,1-2H3. The van der Waals surface area contributed by atoms with E-state index in [4.69, 9.17) is 18.3 Å². The lowest BCUT2D eigenvalue weighted by molar-refractivity contribution is 0.297. The van der Waals surface area contributed by atoms with Crippen LogP contribution >= 0.6 is 0 Å². The molecule has 1 aromatic carbocycles. The van der Waals surface area contributed by atoms with Gasteiger partial charge in [-0.25, -0.2) is 0 Å². The molecular formula is C22H28O4. The Morgan fingerprint density at radius 2 is 1.04 bits per heavy atom. The zero-order chi connectivity index (χ0) is 18.9. The van der Waals surface area contributed by atoms with E-state index in [0.717, 1.165) is 54.2 Å². The Bertz CT molecular complexity index is 727. The van der Waals surface area contributed by atoms with E-state index in [9.17, 15) is 0 Å². The van der Waals surface area contributed by atoms with Gasteiger partial charge < -0.3 is 18.3 Å². The number of rotatable bonds is 0. The normalized spacial score (nSPS) is 12.2. The highest BCUT2D eigenvalue weighted by molar-refractivity contribution is 5.42. The molecule has 0 radical (unpaired) electrons. The largest absolute Gasteiger partial charge is 0.490 e. The van der Waals surface area contributed by atoms with Gasteiger partial charge in [0.1, 0.15) is 23.0 Å². The van der Waals surface area contributed by atoms with Gasteiger partial charge in [-0.05, 0) is 76.6 Å². The molecule has 0 amide bonds. The third-order valence-electron chi connectivity index (χ3n) is 3.65. The summed E-state index contributed by atoms with van der Waals surface area (Å²) in [5.41, 5.74) is 1.21. The first-order valence-electron chi connectivity index (χ1n) is 8.86. The van der Waals surface area contributed by atoms with Gasteiger partial charge in [-0.2, -0.15) is 0 Å². The summed E-state index contributed by atoms with van der Waals surface area (Å²) < 4.78 is 21.1. The van der Waals surface area contributed by atoms with Crippen LogP contribution in [0.2, 0.25) is 0 Å². The summed E-state index contributed by atoms with van der Waals surface area (Å²) in [6.45, 7) is 11.3. The van der Waals surface area contributed by atoms with Crippen molar-refractivity contribution >= 4 is 0 Å². The second-order valence-corrected chi connectivity index (χ2v) is 6.31. The van der Waals surface area contributed by atoms with Gasteiger partial charge in [0.2, 0.25) is 0 Å². The van der Waals surface area contributed by atoms with Gasteiger partial charge in [0.15, 0.2) is 11.5 Å². The highest BCUT2D eigenvalue weighted by atomic mass is 16.5. The van der Waals surface area contributed by atoms with Crippen molar-refractivity contribution in [3.8, 4) is 11.5 Å². The maximum atomic E-state index is 5.50. The van der Waals surface area contributed by atoms with Crippen LogP contribution in [0.4, 0.5) is 0 Å². The molecule has 2 aromatic heterocycles. The number of fused-ring (bicyclic) bond motifs is 1. The molecule has 3 heterocycles. The zero-order valence-electron chi connectivity index (χ0n) is 16.3. The van der Waals surface area contributed by atoms with E-state index in [-0.39, 0.29) is 0 Å². The van der Waals surface area contributed by atoms with Gasteiger partial charge in [0.25, 0.3) is 0 Å². The number of hydrogen-bond donors (Lipinski definition) is 0. The molecule has 140 valence electrons. The van der Waals surface area contributed by atoms with Crippen LogP contribution in [-0.4, -0.2) is 13.2 Å². The lowest BCUT2D eigenvalue weighted by Crippen LogP contribution is -1.97. The summed E-state index contributed by atoms with van der Waals surface area (Å²) in [7, 11) is 0. The van der Waals surface area contributed by atoms with Crippen LogP contribution in [0.15, 0.2) is 51.3 Å². The SMILES string of the molecule is Cc1ccc(C)o1.Cc1ccc(C)o1.Cc1ccc2c(c1)OCCCO2. The van der Waals surface area contributed by atoms with Crippen molar-refractivity contribution in [3.63, 3.8) is 0 Å². The predicted octanol–water partition coefficient (Wildman–Crippen LogP) is 5.95. The van der Waals surface area contributed by atoms with Crippen LogP contribution < -0.4 is 9.47 Å². The Morgan fingerprint density at radius 3 is 1.46 bits per heavy atom. The molecule has 3 aromatic rings. The minimum absolute atomic E-state index is 0.760. The fourth-order valence-electron chi connectivity index (χ4n) is 2.38. The molecule has 1 aliphatic heterocycles. The Balaban J connectivity index is 0.000000150. The first kappa shape index (κ1) is 19.7. The first-order valence-corrected chi connectivity index (χ1v) is 8.86. The summed E-state index contributed by atoms with van der Waals surface area (Å²) in [6.07, 6.45) is 0.966. The molecule has 0 saturated carbocycles. The number of aryl methyl sites for hydroxylation is 5. The monoisotopic (exact) mass is 356 g/mol. The van der Waals surface area contributed by atoms with Crippen molar-refractivity contribution in [1.29, 1.82) is 0 Å². The summed E-state index contributed by atoms with van der Waals surface area (Å²) in [6, 6.07) is 13.8. The van der Waals surface area contributed by atoms with Gasteiger partial charge in [-0.1, -0.05) is 6.07 Å². The van der Waals surface area contributed by atoms with E-state index in [1.807, 2.05) is 70.2 Å². The number of furan rings is 2. The van der Waals surface area contributed by atoms with Crippen LogP contribution in [0, 0.1) is 34.6 Å². The zero-order valence-corrected chi connectivity index (χ0v) is 16.3. The van der Waals surface area contributed by atoms with Crippen molar-refractivity contribution in [1.82, 2.24) is 0 Å². The molecule has 0 spiro atoms. The Morgan fingerprint density at radius 1 is 0.577 bits per heavy atom. The Hall–Kier alpha value is -2.62. The minimum atomic E-state index is 0.760. The first-order chi connectivity index (χ1) is 12.4. The van der Waals surface area contributed by atoms with E-state index in [1.165, 1.54) is 5.56 Å². The summed E-state index contributed by atoms with van der Waals surface area (Å²) in [5, 5.41) is 0. The average molecular weight is 356 g/mol. The summed E-state index contributed by atoms with van der Waals surface area (Å²) >= 11 is 0. The topological polar surface area (TPSA) is 44.7 Å². The number of benzene rings is 1. The predicted molar refractivity (Wildman–Crippen MR) is 103 cm³/mol. The van der Waals surface area contributed by atoms with Gasteiger partial charge in [0.05, 0.1) is 13.2 Å². The van der Waals surface area contributed by atoms with Crippen molar-refractivity contribution in [3.05, 3.63) is 71.1 Å². The van der Waals surface area contributed by atoms with E-state index in [1.54, 1.807) is 0 Å². The second-order valence-electron chi connectivity index (χ2n) is 6.31. The highest BCUT2D eigenvalue weighted by Gasteiger charge is 2.08. The molecule has 0 saturated heterocycles. The quantitative estimate of drug-likeness (QED) is 0.499. The van der Waals surface area contributed by atoms with Crippen LogP contribution in [-0.2, 0) is 0 Å². The molecule has 1 aliphatic rings. The second kappa shape index (κ2) is 9.76. The lowest BCUT2D eigenvalue weighted by atomic mass is 10.2. The third-order valence-corrected chi connectivity index (χ3v) is 3.65. The van der Waals surface area contributed by atoms with E-state index in [0.29, 0.717) is 0 Å². The maximum Gasteiger partial charge on any atom is 0.161 e. The smallest absolute Gasteiger partial charge is 0.161 e. The van der Waals surface area contributed by atoms with Gasteiger partial charge in [-0.15, -0.1) is 0 Å². The molecule has 4 nitrogen and oxygen atoms in total. The summed E-state index contributed by atoms with van der Waals surface area (Å²) in [5.74, 6) is 5.69.